The summed E-state index contributed by atoms with van der Waals surface area (Å²) in [5.41, 5.74) is 1.68. The van der Waals surface area contributed by atoms with E-state index in [1.165, 1.54) is 12.8 Å². The Kier molecular flexibility index (Phi) is 2.38. The van der Waals surface area contributed by atoms with Crippen molar-refractivity contribution in [2.24, 2.45) is 0 Å². The number of para-hydroxylation sites is 1. The van der Waals surface area contributed by atoms with Gasteiger partial charge in [0.2, 0.25) is 0 Å². The first-order valence-electron chi connectivity index (χ1n) is 6.43. The number of benzene rings is 1. The molecule has 0 unspecified atom stereocenters. The Bertz CT molecular complexity index is 712. The van der Waals surface area contributed by atoms with Gasteiger partial charge in [0, 0.05) is 11.4 Å². The lowest BCUT2D eigenvalue weighted by molar-refractivity contribution is 0.419. The average molecular weight is 255 g/mol. The molecule has 19 heavy (non-hydrogen) atoms. The van der Waals surface area contributed by atoms with E-state index < -0.39 is 0 Å². The number of aromatic nitrogens is 2. The van der Waals surface area contributed by atoms with Crippen molar-refractivity contribution < 1.29 is 8.94 Å². The van der Waals surface area contributed by atoms with Crippen LogP contribution in [0.15, 0.2) is 39.5 Å². The highest BCUT2D eigenvalue weighted by Crippen LogP contribution is 2.29. The van der Waals surface area contributed by atoms with Gasteiger partial charge in [-0.05, 0) is 18.9 Å². The Hall–Kier alpha value is -2.14. The van der Waals surface area contributed by atoms with Gasteiger partial charge >= 0.3 is 0 Å². The van der Waals surface area contributed by atoms with Gasteiger partial charge < -0.3 is 14.3 Å². The molecule has 2 heterocycles. The van der Waals surface area contributed by atoms with Crippen molar-refractivity contribution in [3.05, 3.63) is 36.4 Å². The second kappa shape index (κ2) is 4.20. The summed E-state index contributed by atoms with van der Waals surface area (Å²) in [5, 5.41) is 8.34. The van der Waals surface area contributed by atoms with Crippen LogP contribution in [-0.4, -0.2) is 16.2 Å². The monoisotopic (exact) mass is 255 g/mol. The molecule has 1 aliphatic carbocycles. The minimum Gasteiger partial charge on any atom is -0.463 e. The molecule has 3 aromatic rings. The van der Waals surface area contributed by atoms with E-state index in [2.05, 4.69) is 15.5 Å². The lowest BCUT2D eigenvalue weighted by Gasteiger charge is -1.94. The van der Waals surface area contributed by atoms with Gasteiger partial charge in [0.05, 0.1) is 12.1 Å². The molecule has 0 amide bonds. The van der Waals surface area contributed by atoms with Crippen LogP contribution in [0.4, 0.5) is 0 Å². The molecule has 1 saturated carbocycles. The fourth-order valence-corrected chi connectivity index (χ4v) is 2.10. The molecule has 0 atom stereocenters. The predicted octanol–water partition coefficient (Wildman–Crippen LogP) is 2.73. The number of hydrogen-bond donors (Lipinski definition) is 1. The molecule has 5 nitrogen and oxygen atoms in total. The van der Waals surface area contributed by atoms with Crippen molar-refractivity contribution in [1.82, 2.24) is 15.5 Å². The maximum atomic E-state index is 5.48. The van der Waals surface area contributed by atoms with Gasteiger partial charge in [-0.2, -0.15) is 4.98 Å². The first-order chi connectivity index (χ1) is 9.40. The highest BCUT2D eigenvalue weighted by Gasteiger charge is 2.21. The third kappa shape index (κ3) is 2.02. The molecule has 1 aliphatic rings. The van der Waals surface area contributed by atoms with Crippen LogP contribution >= 0.6 is 0 Å². The van der Waals surface area contributed by atoms with Gasteiger partial charge in [-0.25, -0.2) is 0 Å². The molecule has 2 aromatic heterocycles. The molecule has 0 aliphatic heterocycles. The van der Waals surface area contributed by atoms with Crippen molar-refractivity contribution in [2.75, 3.05) is 0 Å². The summed E-state index contributed by atoms with van der Waals surface area (Å²) < 4.78 is 10.8. The van der Waals surface area contributed by atoms with Crippen molar-refractivity contribution in [3.63, 3.8) is 0 Å². The zero-order chi connectivity index (χ0) is 12.7. The van der Waals surface area contributed by atoms with Crippen molar-refractivity contribution >= 4 is 11.0 Å². The Morgan fingerprint density at radius 1 is 1.26 bits per heavy atom. The molecule has 0 radical (unpaired) electrons. The van der Waals surface area contributed by atoms with Crippen LogP contribution < -0.4 is 5.32 Å². The molecule has 1 aromatic carbocycles. The molecule has 0 spiro atoms. The maximum absolute atomic E-state index is 5.48. The van der Waals surface area contributed by atoms with Gasteiger partial charge in [0.1, 0.15) is 11.8 Å². The van der Waals surface area contributed by atoms with Crippen molar-refractivity contribution in [3.8, 4) is 11.5 Å². The Morgan fingerprint density at radius 2 is 2.16 bits per heavy atom. The molecule has 0 saturated heterocycles. The second-order valence-electron chi connectivity index (χ2n) is 4.82. The third-order valence-corrected chi connectivity index (χ3v) is 3.31. The summed E-state index contributed by atoms with van der Waals surface area (Å²) in [5.74, 6) is 1.20. The third-order valence-electron chi connectivity index (χ3n) is 3.31. The zero-order valence-corrected chi connectivity index (χ0v) is 10.3. The molecule has 1 fully saturated rings. The fraction of sp³-hybridized carbons (Fsp3) is 0.286. The van der Waals surface area contributed by atoms with Gasteiger partial charge in [-0.1, -0.05) is 23.4 Å². The lowest BCUT2D eigenvalue weighted by atomic mass is 10.2. The SMILES string of the molecule is c1ccc2c(-c3nc(CNC4CC4)no3)coc2c1. The van der Waals surface area contributed by atoms with Crippen LogP contribution in [-0.2, 0) is 6.54 Å². The second-order valence-corrected chi connectivity index (χ2v) is 4.82. The summed E-state index contributed by atoms with van der Waals surface area (Å²) in [4.78, 5) is 4.40. The number of fused-ring (bicyclic) bond motifs is 1. The van der Waals surface area contributed by atoms with Crippen LogP contribution in [0, 0.1) is 0 Å². The van der Waals surface area contributed by atoms with Crippen LogP contribution in [0.25, 0.3) is 22.4 Å². The summed E-state index contributed by atoms with van der Waals surface area (Å²) in [6, 6.07) is 8.45. The molecule has 5 heteroatoms. The number of rotatable bonds is 4. The predicted molar refractivity (Wildman–Crippen MR) is 69.4 cm³/mol. The number of nitrogens with one attached hydrogen (secondary N) is 1. The van der Waals surface area contributed by atoms with E-state index in [1.807, 2.05) is 24.3 Å². The lowest BCUT2D eigenvalue weighted by Crippen LogP contribution is -2.16. The van der Waals surface area contributed by atoms with E-state index in [1.54, 1.807) is 6.26 Å². The standard InChI is InChI=1S/C14H13N3O2/c1-2-4-12-10(3-1)11(8-18-12)14-16-13(17-19-14)7-15-9-5-6-9/h1-4,8-9,15H,5-7H2. The van der Waals surface area contributed by atoms with Gasteiger partial charge in [0.25, 0.3) is 5.89 Å². The highest BCUT2D eigenvalue weighted by molar-refractivity contribution is 5.91. The van der Waals surface area contributed by atoms with Crippen molar-refractivity contribution in [2.45, 2.75) is 25.4 Å². The van der Waals surface area contributed by atoms with Crippen LogP contribution in [0.1, 0.15) is 18.7 Å². The summed E-state index contributed by atoms with van der Waals surface area (Å²) in [6.45, 7) is 0.657. The minimum absolute atomic E-state index is 0.512. The van der Waals surface area contributed by atoms with E-state index in [9.17, 15) is 0 Å². The Labute approximate surface area is 109 Å². The van der Waals surface area contributed by atoms with E-state index >= 15 is 0 Å². The zero-order valence-electron chi connectivity index (χ0n) is 10.3. The maximum Gasteiger partial charge on any atom is 0.261 e. The van der Waals surface area contributed by atoms with E-state index in [0.717, 1.165) is 16.5 Å². The van der Waals surface area contributed by atoms with Crippen molar-refractivity contribution in [1.29, 1.82) is 0 Å². The molecular formula is C14H13N3O2. The average Bonchev–Trinajstić information content (AvgIpc) is 3.00. The smallest absolute Gasteiger partial charge is 0.261 e. The Morgan fingerprint density at radius 3 is 3.05 bits per heavy atom. The Balaban J connectivity index is 1.64. The van der Waals surface area contributed by atoms with E-state index in [-0.39, 0.29) is 0 Å². The first-order valence-corrected chi connectivity index (χ1v) is 6.43. The van der Waals surface area contributed by atoms with Gasteiger partial charge in [-0.15, -0.1) is 0 Å². The summed E-state index contributed by atoms with van der Waals surface area (Å²) in [7, 11) is 0. The van der Waals surface area contributed by atoms with E-state index in [0.29, 0.717) is 24.3 Å². The number of nitrogens with zero attached hydrogens (tertiary/aromatic N) is 2. The van der Waals surface area contributed by atoms with Gasteiger partial charge in [0.15, 0.2) is 5.82 Å². The molecule has 96 valence electrons. The topological polar surface area (TPSA) is 64.1 Å². The molecule has 4 rings (SSSR count). The quantitative estimate of drug-likeness (QED) is 0.776. The molecule has 0 bridgehead atoms. The van der Waals surface area contributed by atoms with Gasteiger partial charge in [-0.3, -0.25) is 0 Å². The fourth-order valence-electron chi connectivity index (χ4n) is 2.10. The van der Waals surface area contributed by atoms with Crippen LogP contribution in [0.3, 0.4) is 0 Å². The minimum atomic E-state index is 0.512. The summed E-state index contributed by atoms with van der Waals surface area (Å²) in [6.07, 6.45) is 4.16. The molecular weight excluding hydrogens is 242 g/mol. The largest absolute Gasteiger partial charge is 0.463 e. The van der Waals surface area contributed by atoms with Crippen LogP contribution in [0.5, 0.6) is 0 Å². The first kappa shape index (κ1) is 10.8. The number of hydrogen-bond acceptors (Lipinski definition) is 5. The van der Waals surface area contributed by atoms with Crippen LogP contribution in [0.2, 0.25) is 0 Å². The van der Waals surface area contributed by atoms with E-state index in [4.69, 9.17) is 8.94 Å². The highest BCUT2D eigenvalue weighted by atomic mass is 16.5. The number of furan rings is 1. The summed E-state index contributed by atoms with van der Waals surface area (Å²) >= 11 is 0. The normalized spacial score (nSPS) is 15.2. The molecule has 1 N–H and O–H groups in total.